The minimum atomic E-state index is 0.295. The molecule has 0 aliphatic carbocycles. The maximum atomic E-state index is 5.81. The highest BCUT2D eigenvalue weighted by molar-refractivity contribution is 7.11. The topological polar surface area (TPSA) is 46.2 Å². The SMILES string of the molecule is Cc1nc(C)c(C(C)NCc2cccc3c2OCCN3)s1. The van der Waals surface area contributed by atoms with E-state index in [1.165, 1.54) is 10.4 Å². The number of nitrogens with one attached hydrogen (secondary N) is 2. The maximum Gasteiger partial charge on any atom is 0.146 e. The van der Waals surface area contributed by atoms with Gasteiger partial charge in [0.1, 0.15) is 12.4 Å². The Labute approximate surface area is 129 Å². The summed E-state index contributed by atoms with van der Waals surface area (Å²) in [4.78, 5) is 5.82. The number of ether oxygens (including phenoxy) is 1. The van der Waals surface area contributed by atoms with Gasteiger partial charge in [-0.25, -0.2) is 4.98 Å². The van der Waals surface area contributed by atoms with Gasteiger partial charge in [-0.2, -0.15) is 0 Å². The molecule has 0 saturated heterocycles. The van der Waals surface area contributed by atoms with Gasteiger partial charge in [-0.15, -0.1) is 11.3 Å². The third kappa shape index (κ3) is 3.04. The maximum absolute atomic E-state index is 5.81. The second-order valence-electron chi connectivity index (χ2n) is 5.35. The molecular weight excluding hydrogens is 282 g/mol. The van der Waals surface area contributed by atoms with Crippen LogP contribution in [0.1, 0.15) is 34.1 Å². The van der Waals surface area contributed by atoms with Crippen molar-refractivity contribution in [3.05, 3.63) is 39.3 Å². The summed E-state index contributed by atoms with van der Waals surface area (Å²) < 4.78 is 5.81. The number of fused-ring (bicyclic) bond motifs is 1. The number of hydrogen-bond acceptors (Lipinski definition) is 5. The van der Waals surface area contributed by atoms with Crippen molar-refractivity contribution in [1.82, 2.24) is 10.3 Å². The molecule has 1 aliphatic rings. The molecule has 1 atom stereocenters. The van der Waals surface area contributed by atoms with E-state index in [9.17, 15) is 0 Å². The van der Waals surface area contributed by atoms with Crippen LogP contribution in [0.3, 0.4) is 0 Å². The summed E-state index contributed by atoms with van der Waals surface area (Å²) in [5.41, 5.74) is 3.42. The van der Waals surface area contributed by atoms with E-state index in [4.69, 9.17) is 4.74 Å². The summed E-state index contributed by atoms with van der Waals surface area (Å²) in [6.07, 6.45) is 0. The van der Waals surface area contributed by atoms with Crippen molar-refractivity contribution < 1.29 is 4.74 Å². The molecule has 2 aromatic rings. The van der Waals surface area contributed by atoms with E-state index in [2.05, 4.69) is 54.6 Å². The van der Waals surface area contributed by atoms with Gasteiger partial charge in [0, 0.05) is 29.6 Å². The second kappa shape index (κ2) is 6.03. The lowest BCUT2D eigenvalue weighted by molar-refractivity contribution is 0.318. The van der Waals surface area contributed by atoms with Crippen LogP contribution in [0.25, 0.3) is 0 Å². The summed E-state index contributed by atoms with van der Waals surface area (Å²) >= 11 is 1.77. The van der Waals surface area contributed by atoms with Crippen molar-refractivity contribution in [1.29, 1.82) is 0 Å². The third-order valence-corrected chi connectivity index (χ3v) is 4.95. The molecule has 0 saturated carbocycles. The fraction of sp³-hybridized carbons (Fsp3) is 0.438. The van der Waals surface area contributed by atoms with Crippen molar-refractivity contribution in [2.75, 3.05) is 18.5 Å². The Balaban J connectivity index is 1.72. The van der Waals surface area contributed by atoms with Gasteiger partial charge in [0.2, 0.25) is 0 Å². The largest absolute Gasteiger partial charge is 0.489 e. The fourth-order valence-corrected chi connectivity index (χ4v) is 3.63. The lowest BCUT2D eigenvalue weighted by Gasteiger charge is -2.22. The van der Waals surface area contributed by atoms with E-state index >= 15 is 0 Å². The number of thiazole rings is 1. The first kappa shape index (κ1) is 14.4. The van der Waals surface area contributed by atoms with Gasteiger partial charge in [-0.3, -0.25) is 0 Å². The molecule has 5 heteroatoms. The van der Waals surface area contributed by atoms with Crippen LogP contribution in [-0.4, -0.2) is 18.1 Å². The first-order valence-electron chi connectivity index (χ1n) is 7.31. The minimum absolute atomic E-state index is 0.295. The molecule has 21 heavy (non-hydrogen) atoms. The minimum Gasteiger partial charge on any atom is -0.489 e. The van der Waals surface area contributed by atoms with E-state index in [0.717, 1.165) is 41.8 Å². The molecule has 0 fully saturated rings. The molecule has 0 spiro atoms. The van der Waals surface area contributed by atoms with Gasteiger partial charge in [0.05, 0.1) is 16.4 Å². The summed E-state index contributed by atoms with van der Waals surface area (Å²) in [5.74, 6) is 0.987. The van der Waals surface area contributed by atoms with Crippen LogP contribution >= 0.6 is 11.3 Å². The second-order valence-corrected chi connectivity index (χ2v) is 6.59. The molecule has 112 valence electrons. The van der Waals surface area contributed by atoms with Crippen LogP contribution in [0.4, 0.5) is 5.69 Å². The highest BCUT2D eigenvalue weighted by atomic mass is 32.1. The molecular formula is C16H21N3OS. The van der Waals surface area contributed by atoms with Crippen molar-refractivity contribution in [2.45, 2.75) is 33.4 Å². The summed E-state index contributed by atoms with van der Waals surface area (Å²) in [7, 11) is 0. The Bertz CT molecular complexity index is 638. The van der Waals surface area contributed by atoms with Crippen LogP contribution in [0.5, 0.6) is 5.75 Å². The van der Waals surface area contributed by atoms with E-state index in [0.29, 0.717) is 6.04 Å². The Hall–Kier alpha value is -1.59. The smallest absolute Gasteiger partial charge is 0.146 e. The predicted molar refractivity (Wildman–Crippen MR) is 87.3 cm³/mol. The average Bonchev–Trinajstić information content (AvgIpc) is 2.83. The standard InChI is InChI=1S/C16H21N3OS/c1-10(16-11(2)19-12(3)21-16)18-9-13-5-4-6-14-15(13)20-8-7-17-14/h4-6,10,17-18H,7-9H2,1-3H3. The Morgan fingerprint density at radius 1 is 1.43 bits per heavy atom. The van der Waals surface area contributed by atoms with E-state index in [1.54, 1.807) is 11.3 Å². The van der Waals surface area contributed by atoms with E-state index in [1.807, 2.05) is 0 Å². The lowest BCUT2D eigenvalue weighted by atomic mass is 10.1. The van der Waals surface area contributed by atoms with Gasteiger partial charge >= 0.3 is 0 Å². The van der Waals surface area contributed by atoms with Crippen LogP contribution in [0, 0.1) is 13.8 Å². The summed E-state index contributed by atoms with van der Waals surface area (Å²) in [6.45, 7) is 8.72. The van der Waals surface area contributed by atoms with Crippen molar-refractivity contribution in [3.63, 3.8) is 0 Å². The van der Waals surface area contributed by atoms with Gasteiger partial charge in [0.25, 0.3) is 0 Å². The highest BCUT2D eigenvalue weighted by Gasteiger charge is 2.16. The monoisotopic (exact) mass is 303 g/mol. The fourth-order valence-electron chi connectivity index (χ4n) is 2.68. The number of para-hydroxylation sites is 1. The molecule has 1 unspecified atom stereocenters. The van der Waals surface area contributed by atoms with Crippen molar-refractivity contribution in [2.24, 2.45) is 0 Å². The predicted octanol–water partition coefficient (Wildman–Crippen LogP) is 3.42. The molecule has 0 radical (unpaired) electrons. The number of aryl methyl sites for hydroxylation is 2. The Kier molecular flexibility index (Phi) is 4.12. The molecule has 2 N–H and O–H groups in total. The highest BCUT2D eigenvalue weighted by Crippen LogP contribution is 2.32. The van der Waals surface area contributed by atoms with Crippen LogP contribution < -0.4 is 15.4 Å². The zero-order valence-electron chi connectivity index (χ0n) is 12.7. The molecule has 0 bridgehead atoms. The van der Waals surface area contributed by atoms with Crippen LogP contribution in [0.15, 0.2) is 18.2 Å². The van der Waals surface area contributed by atoms with Crippen LogP contribution in [0.2, 0.25) is 0 Å². The van der Waals surface area contributed by atoms with E-state index < -0.39 is 0 Å². The third-order valence-electron chi connectivity index (χ3n) is 3.69. The van der Waals surface area contributed by atoms with Gasteiger partial charge in [0.15, 0.2) is 0 Å². The first-order valence-corrected chi connectivity index (χ1v) is 8.12. The molecule has 1 aromatic heterocycles. The average molecular weight is 303 g/mol. The summed E-state index contributed by atoms with van der Waals surface area (Å²) in [6, 6.07) is 6.56. The lowest BCUT2D eigenvalue weighted by Crippen LogP contribution is -2.22. The number of anilines is 1. The number of hydrogen-bond donors (Lipinski definition) is 2. The number of benzene rings is 1. The molecule has 2 heterocycles. The van der Waals surface area contributed by atoms with Crippen molar-refractivity contribution in [3.8, 4) is 5.75 Å². The Morgan fingerprint density at radius 2 is 2.29 bits per heavy atom. The zero-order chi connectivity index (χ0) is 14.8. The quantitative estimate of drug-likeness (QED) is 0.908. The van der Waals surface area contributed by atoms with Crippen LogP contribution in [-0.2, 0) is 6.54 Å². The molecule has 1 aliphatic heterocycles. The Morgan fingerprint density at radius 3 is 3.05 bits per heavy atom. The van der Waals surface area contributed by atoms with E-state index in [-0.39, 0.29) is 0 Å². The molecule has 4 nitrogen and oxygen atoms in total. The normalized spacial score (nSPS) is 15.0. The summed E-state index contributed by atoms with van der Waals surface area (Å²) in [5, 5.41) is 8.08. The van der Waals surface area contributed by atoms with Crippen molar-refractivity contribution >= 4 is 17.0 Å². The first-order chi connectivity index (χ1) is 10.1. The zero-order valence-corrected chi connectivity index (χ0v) is 13.5. The number of rotatable bonds is 4. The molecule has 0 amide bonds. The molecule has 3 rings (SSSR count). The molecule has 1 aromatic carbocycles. The van der Waals surface area contributed by atoms with Gasteiger partial charge < -0.3 is 15.4 Å². The number of aromatic nitrogens is 1. The van der Waals surface area contributed by atoms with Gasteiger partial charge in [-0.05, 0) is 26.8 Å². The van der Waals surface area contributed by atoms with Gasteiger partial charge in [-0.1, -0.05) is 12.1 Å². The number of nitrogens with zero attached hydrogens (tertiary/aromatic N) is 1.